The average Bonchev–Trinajstić information content (AvgIpc) is 2.55. The molecule has 0 aromatic rings. The summed E-state index contributed by atoms with van der Waals surface area (Å²) in [7, 11) is 1.99. The number of hydrogen-bond donors (Lipinski definition) is 0. The van der Waals surface area contributed by atoms with Crippen molar-refractivity contribution in [2.75, 3.05) is 14.1 Å². The molecule has 0 aliphatic carbocycles. The highest BCUT2D eigenvalue weighted by atomic mass is 19.4. The molecule has 0 amide bonds. The van der Waals surface area contributed by atoms with Gasteiger partial charge in [-0.05, 0) is 0 Å². The van der Waals surface area contributed by atoms with Crippen LogP contribution >= 0.6 is 0 Å². The minimum absolute atomic E-state index is 0.225. The molecule has 0 radical (unpaired) electrons. The first-order chi connectivity index (χ1) is 12.6. The molecule has 0 spiro atoms. The Labute approximate surface area is 155 Å². The standard InChI is InChI=1S/C14H12F11NO3/c1-4-7(27)6(5-26(2)3)8(28)10(15,16)13(21,22)11(17,18)9(29)12(19,20)14(23,24)25/h5H,4H2,1-3H3/b6-5+. The second-order valence-corrected chi connectivity index (χ2v) is 5.74. The Balaban J connectivity index is 6.49. The molecule has 0 rings (SSSR count). The molecular weight excluding hydrogens is 439 g/mol. The number of rotatable bonds is 9. The van der Waals surface area contributed by atoms with Crippen LogP contribution in [0.1, 0.15) is 13.3 Å². The van der Waals surface area contributed by atoms with Crippen LogP contribution in [-0.2, 0) is 14.4 Å². The normalized spacial score (nSPS) is 14.6. The van der Waals surface area contributed by atoms with Gasteiger partial charge in [0.2, 0.25) is 5.78 Å². The quantitative estimate of drug-likeness (QED) is 0.233. The number of ketones is 3. The van der Waals surface area contributed by atoms with Crippen molar-refractivity contribution in [3.05, 3.63) is 11.8 Å². The van der Waals surface area contributed by atoms with Crippen LogP contribution in [0.4, 0.5) is 48.3 Å². The minimum Gasteiger partial charge on any atom is -0.383 e. The number of nitrogens with zero attached hydrogens (tertiary/aromatic N) is 1. The van der Waals surface area contributed by atoms with Crippen LogP contribution in [0, 0.1) is 0 Å². The number of alkyl halides is 11. The van der Waals surface area contributed by atoms with E-state index in [9.17, 15) is 62.7 Å². The molecule has 15 heteroatoms. The van der Waals surface area contributed by atoms with Crippen molar-refractivity contribution in [2.45, 2.75) is 43.2 Å². The van der Waals surface area contributed by atoms with E-state index in [0.717, 1.165) is 21.0 Å². The van der Waals surface area contributed by atoms with E-state index in [-0.39, 0.29) is 6.20 Å². The molecule has 0 aliphatic rings. The summed E-state index contributed by atoms with van der Waals surface area (Å²) in [5.74, 6) is -38.3. The molecule has 0 aromatic carbocycles. The first-order valence-corrected chi connectivity index (χ1v) is 7.19. The van der Waals surface area contributed by atoms with Crippen LogP contribution in [0.3, 0.4) is 0 Å². The molecule has 29 heavy (non-hydrogen) atoms. The van der Waals surface area contributed by atoms with E-state index in [0.29, 0.717) is 4.90 Å². The molecule has 0 heterocycles. The molecule has 0 saturated heterocycles. The maximum absolute atomic E-state index is 13.9. The highest BCUT2D eigenvalue weighted by Gasteiger charge is 2.83. The fourth-order valence-electron chi connectivity index (χ4n) is 1.68. The molecule has 0 atom stereocenters. The predicted octanol–water partition coefficient (Wildman–Crippen LogP) is 3.65. The van der Waals surface area contributed by atoms with Crippen molar-refractivity contribution in [1.82, 2.24) is 4.90 Å². The summed E-state index contributed by atoms with van der Waals surface area (Å²) in [6.45, 7) is 0.956. The summed E-state index contributed by atoms with van der Waals surface area (Å²) < 4.78 is 144. The lowest BCUT2D eigenvalue weighted by molar-refractivity contribution is -0.311. The molecule has 0 aliphatic heterocycles. The van der Waals surface area contributed by atoms with Gasteiger partial charge in [0.05, 0.1) is 5.57 Å². The number of hydrogen-bond acceptors (Lipinski definition) is 4. The summed E-state index contributed by atoms with van der Waals surface area (Å²) in [5.41, 5.74) is -1.77. The Morgan fingerprint density at radius 2 is 1.17 bits per heavy atom. The lowest BCUT2D eigenvalue weighted by Crippen LogP contribution is -2.66. The molecule has 0 aromatic heterocycles. The fourth-order valence-corrected chi connectivity index (χ4v) is 1.68. The maximum Gasteiger partial charge on any atom is 0.461 e. The van der Waals surface area contributed by atoms with Gasteiger partial charge in [0, 0.05) is 26.7 Å². The molecule has 0 fully saturated rings. The third-order valence-corrected chi connectivity index (χ3v) is 3.25. The number of carbonyl (C=O) groups is 3. The Bertz CT molecular complexity index is 708. The fraction of sp³-hybridized carbons (Fsp3) is 0.643. The monoisotopic (exact) mass is 451 g/mol. The van der Waals surface area contributed by atoms with E-state index in [1.165, 1.54) is 0 Å². The van der Waals surface area contributed by atoms with Crippen molar-refractivity contribution in [1.29, 1.82) is 0 Å². The van der Waals surface area contributed by atoms with Crippen LogP contribution in [0.2, 0.25) is 0 Å². The zero-order chi connectivity index (χ0) is 23.8. The van der Waals surface area contributed by atoms with E-state index in [1.807, 2.05) is 0 Å². The molecular formula is C14H12F11NO3. The zero-order valence-corrected chi connectivity index (χ0v) is 14.6. The second kappa shape index (κ2) is 7.89. The lowest BCUT2D eigenvalue weighted by Gasteiger charge is -2.33. The highest BCUT2D eigenvalue weighted by Crippen LogP contribution is 2.51. The molecule has 0 N–H and O–H groups in total. The van der Waals surface area contributed by atoms with E-state index < -0.39 is 59.2 Å². The summed E-state index contributed by atoms with van der Waals surface area (Å²) in [6, 6.07) is 0. The lowest BCUT2D eigenvalue weighted by atomic mass is 9.90. The minimum atomic E-state index is -7.34. The van der Waals surface area contributed by atoms with Gasteiger partial charge < -0.3 is 4.90 Å². The third-order valence-electron chi connectivity index (χ3n) is 3.25. The second-order valence-electron chi connectivity index (χ2n) is 5.74. The van der Waals surface area contributed by atoms with E-state index >= 15 is 0 Å². The summed E-state index contributed by atoms with van der Waals surface area (Å²) in [6.07, 6.45) is -7.66. The van der Waals surface area contributed by atoms with E-state index in [2.05, 4.69) is 0 Å². The topological polar surface area (TPSA) is 54.5 Å². The molecule has 168 valence electrons. The number of allylic oxidation sites excluding steroid dienone is 1. The van der Waals surface area contributed by atoms with Crippen molar-refractivity contribution >= 4 is 17.3 Å². The van der Waals surface area contributed by atoms with Gasteiger partial charge in [0.15, 0.2) is 5.78 Å². The summed E-state index contributed by atoms with van der Waals surface area (Å²) in [5, 5.41) is 0. The maximum atomic E-state index is 13.9. The van der Waals surface area contributed by atoms with Gasteiger partial charge in [-0.2, -0.15) is 48.3 Å². The van der Waals surface area contributed by atoms with Gasteiger partial charge in [-0.25, -0.2) is 0 Å². The summed E-state index contributed by atoms with van der Waals surface area (Å²) in [4.78, 5) is 34.6. The van der Waals surface area contributed by atoms with Crippen molar-refractivity contribution < 1.29 is 62.7 Å². The van der Waals surface area contributed by atoms with Gasteiger partial charge in [-0.15, -0.1) is 0 Å². The van der Waals surface area contributed by atoms with E-state index in [4.69, 9.17) is 0 Å². The SMILES string of the molecule is CCC(=O)/C(=C\N(C)C)C(=O)C(F)(F)C(F)(F)C(F)(F)C(=O)C(F)(F)C(F)(F)F. The average molecular weight is 451 g/mol. The highest BCUT2D eigenvalue weighted by molar-refractivity contribution is 6.22. The van der Waals surface area contributed by atoms with Crippen molar-refractivity contribution in [3.8, 4) is 0 Å². The van der Waals surface area contributed by atoms with Gasteiger partial charge >= 0.3 is 29.9 Å². The largest absolute Gasteiger partial charge is 0.461 e. The molecule has 0 unspecified atom stereocenters. The van der Waals surface area contributed by atoms with Crippen molar-refractivity contribution in [3.63, 3.8) is 0 Å². The van der Waals surface area contributed by atoms with Gasteiger partial charge in [0.1, 0.15) is 0 Å². The summed E-state index contributed by atoms with van der Waals surface area (Å²) >= 11 is 0. The Hall–Kier alpha value is -2.22. The first-order valence-electron chi connectivity index (χ1n) is 7.19. The van der Waals surface area contributed by atoms with Crippen LogP contribution in [0.15, 0.2) is 11.8 Å². The predicted molar refractivity (Wildman–Crippen MR) is 72.9 cm³/mol. The van der Waals surface area contributed by atoms with Crippen LogP contribution < -0.4 is 0 Å². The van der Waals surface area contributed by atoms with Gasteiger partial charge in [0.25, 0.3) is 5.78 Å². The Morgan fingerprint density at radius 1 is 0.759 bits per heavy atom. The number of carbonyl (C=O) groups excluding carboxylic acids is 3. The van der Waals surface area contributed by atoms with Crippen LogP contribution in [0.5, 0.6) is 0 Å². The first kappa shape index (κ1) is 26.8. The van der Waals surface area contributed by atoms with Crippen LogP contribution in [-0.4, -0.2) is 66.2 Å². The third kappa shape index (κ3) is 4.52. The Morgan fingerprint density at radius 3 is 1.48 bits per heavy atom. The number of halogens is 11. The Kier molecular flexibility index (Phi) is 7.29. The van der Waals surface area contributed by atoms with Gasteiger partial charge in [-0.3, -0.25) is 14.4 Å². The van der Waals surface area contributed by atoms with E-state index in [1.54, 1.807) is 0 Å². The van der Waals surface area contributed by atoms with Crippen LogP contribution in [0.25, 0.3) is 0 Å². The molecule has 0 bridgehead atoms. The van der Waals surface area contributed by atoms with Crippen molar-refractivity contribution in [2.24, 2.45) is 0 Å². The zero-order valence-electron chi connectivity index (χ0n) is 14.6. The molecule has 0 saturated carbocycles. The van der Waals surface area contributed by atoms with Gasteiger partial charge in [-0.1, -0.05) is 6.92 Å². The smallest absolute Gasteiger partial charge is 0.383 e. The molecule has 4 nitrogen and oxygen atoms in total. The number of Topliss-reactive ketones (excluding diaryl/α,β-unsaturated/α-hetero) is 3.